The molecule has 0 saturated carbocycles. The number of hydrogen-bond acceptors (Lipinski definition) is 7. The average Bonchev–Trinajstić information content (AvgIpc) is 3.32. The topological polar surface area (TPSA) is 133 Å². The predicted octanol–water partition coefficient (Wildman–Crippen LogP) is 1.50. The molecule has 1 N–H and O–H groups in total. The van der Waals surface area contributed by atoms with Crippen molar-refractivity contribution in [2.75, 3.05) is 6.54 Å². The van der Waals surface area contributed by atoms with E-state index in [1.54, 1.807) is 19.1 Å². The smallest absolute Gasteiger partial charge is 0.273 e. The maximum Gasteiger partial charge on any atom is 0.273 e. The summed E-state index contributed by atoms with van der Waals surface area (Å²) in [5.74, 6) is 0.353. The molecule has 3 heterocycles. The molecule has 29 heavy (non-hydrogen) atoms. The first kappa shape index (κ1) is 18.2. The lowest BCUT2D eigenvalue weighted by atomic mass is 10.2. The molecule has 0 atom stereocenters. The van der Waals surface area contributed by atoms with Crippen molar-refractivity contribution >= 4 is 17.2 Å². The van der Waals surface area contributed by atoms with Crippen molar-refractivity contribution in [3.8, 4) is 5.69 Å². The second-order valence-electron chi connectivity index (χ2n) is 6.26. The van der Waals surface area contributed by atoms with Crippen LogP contribution in [-0.2, 0) is 6.42 Å². The first-order valence-electron chi connectivity index (χ1n) is 8.78. The molecule has 3 aromatic heterocycles. The molecule has 0 aliphatic heterocycles. The van der Waals surface area contributed by atoms with Gasteiger partial charge in [0.2, 0.25) is 0 Å². The van der Waals surface area contributed by atoms with Crippen LogP contribution in [0.1, 0.15) is 22.0 Å². The van der Waals surface area contributed by atoms with Crippen LogP contribution in [0.4, 0.5) is 5.69 Å². The lowest BCUT2D eigenvalue weighted by molar-refractivity contribution is -0.384. The van der Waals surface area contributed by atoms with Crippen molar-refractivity contribution in [1.29, 1.82) is 0 Å². The van der Waals surface area contributed by atoms with Crippen LogP contribution in [0.2, 0.25) is 0 Å². The fraction of sp³-hybridized carbons (Fsp3) is 0.167. The molecule has 11 nitrogen and oxygen atoms in total. The largest absolute Gasteiger partial charge is 0.350 e. The van der Waals surface area contributed by atoms with Gasteiger partial charge in [-0.3, -0.25) is 19.3 Å². The van der Waals surface area contributed by atoms with Gasteiger partial charge in [-0.25, -0.2) is 4.68 Å². The maximum absolute atomic E-state index is 12.5. The summed E-state index contributed by atoms with van der Waals surface area (Å²) < 4.78 is 3.25. The number of carbonyl (C=O) groups excluding carboxylic acids is 1. The Kier molecular flexibility index (Phi) is 4.69. The minimum atomic E-state index is -0.489. The molecular formula is C18H16N8O3. The number of amides is 1. The average molecular weight is 392 g/mol. The summed E-state index contributed by atoms with van der Waals surface area (Å²) in [4.78, 5) is 23.0. The second-order valence-corrected chi connectivity index (χ2v) is 6.26. The van der Waals surface area contributed by atoms with Crippen molar-refractivity contribution in [3.05, 3.63) is 76.0 Å². The quantitative estimate of drug-likeness (QED) is 0.388. The number of nitro groups is 1. The van der Waals surface area contributed by atoms with Crippen molar-refractivity contribution in [3.63, 3.8) is 0 Å². The zero-order valence-corrected chi connectivity index (χ0v) is 15.4. The molecule has 0 bridgehead atoms. The number of fused-ring (bicyclic) bond motifs is 1. The molecular weight excluding hydrogens is 376 g/mol. The lowest BCUT2D eigenvalue weighted by Crippen LogP contribution is -2.27. The molecule has 0 saturated heterocycles. The maximum atomic E-state index is 12.5. The van der Waals surface area contributed by atoms with Crippen LogP contribution in [0.15, 0.2) is 48.7 Å². The summed E-state index contributed by atoms with van der Waals surface area (Å²) in [6.45, 7) is 2.03. The summed E-state index contributed by atoms with van der Waals surface area (Å²) in [5, 5.41) is 29.8. The van der Waals surface area contributed by atoms with Gasteiger partial charge in [-0.15, -0.1) is 15.3 Å². The Balaban J connectivity index is 1.46. The summed E-state index contributed by atoms with van der Waals surface area (Å²) in [5.41, 5.74) is 1.77. The van der Waals surface area contributed by atoms with Gasteiger partial charge in [0.15, 0.2) is 11.3 Å². The highest BCUT2D eigenvalue weighted by atomic mass is 16.6. The Morgan fingerprint density at radius 2 is 2.03 bits per heavy atom. The van der Waals surface area contributed by atoms with Crippen LogP contribution in [0.25, 0.3) is 11.3 Å². The first-order valence-corrected chi connectivity index (χ1v) is 8.78. The summed E-state index contributed by atoms with van der Waals surface area (Å²) in [7, 11) is 0. The molecule has 11 heteroatoms. The van der Waals surface area contributed by atoms with Crippen LogP contribution >= 0.6 is 0 Å². The van der Waals surface area contributed by atoms with Gasteiger partial charge < -0.3 is 5.32 Å². The molecule has 4 aromatic rings. The second kappa shape index (κ2) is 7.46. The molecule has 0 unspecified atom stereocenters. The highest BCUT2D eigenvalue weighted by Gasteiger charge is 2.18. The fourth-order valence-electron chi connectivity index (χ4n) is 2.96. The molecule has 0 aliphatic rings. The Bertz CT molecular complexity index is 1210. The number of non-ortho nitro benzene ring substituents is 1. The summed E-state index contributed by atoms with van der Waals surface area (Å²) in [6.07, 6.45) is 2.36. The van der Waals surface area contributed by atoms with Gasteiger partial charge in [0.05, 0.1) is 16.3 Å². The molecule has 146 valence electrons. The van der Waals surface area contributed by atoms with Gasteiger partial charge in [0, 0.05) is 31.3 Å². The van der Waals surface area contributed by atoms with Gasteiger partial charge in [0.1, 0.15) is 5.82 Å². The van der Waals surface area contributed by atoms with Crippen molar-refractivity contribution < 1.29 is 9.72 Å². The van der Waals surface area contributed by atoms with Crippen LogP contribution < -0.4 is 5.32 Å². The summed E-state index contributed by atoms with van der Waals surface area (Å²) in [6, 6.07) is 11.6. The SMILES string of the molecule is Cc1c(C(=O)NCCc2nnc3ccccn23)nnn1-c1cccc([N+](=O)[O-])c1. The van der Waals surface area contributed by atoms with E-state index in [9.17, 15) is 14.9 Å². The minimum Gasteiger partial charge on any atom is -0.350 e. The lowest BCUT2D eigenvalue weighted by Gasteiger charge is -2.05. The molecule has 1 amide bonds. The van der Waals surface area contributed by atoms with Crippen LogP contribution in [0.5, 0.6) is 0 Å². The zero-order valence-electron chi connectivity index (χ0n) is 15.4. The molecule has 4 rings (SSSR count). The van der Waals surface area contributed by atoms with E-state index in [1.807, 2.05) is 28.8 Å². The third-order valence-corrected chi connectivity index (χ3v) is 4.41. The highest BCUT2D eigenvalue weighted by Crippen LogP contribution is 2.18. The van der Waals surface area contributed by atoms with Crippen LogP contribution in [0.3, 0.4) is 0 Å². The molecule has 0 aliphatic carbocycles. The number of nitrogens with one attached hydrogen (secondary N) is 1. The van der Waals surface area contributed by atoms with E-state index in [4.69, 9.17) is 0 Å². The number of rotatable bonds is 6. The Labute approximate surface area is 164 Å². The van der Waals surface area contributed by atoms with Gasteiger partial charge in [-0.05, 0) is 25.1 Å². The Morgan fingerprint density at radius 3 is 2.86 bits per heavy atom. The normalized spacial score (nSPS) is 10.9. The fourth-order valence-corrected chi connectivity index (χ4v) is 2.96. The standard InChI is InChI=1S/C18H16N8O3/c1-12-17(22-23-25(12)13-5-4-6-14(11-13)26(28)29)18(27)19-9-8-16-21-20-15-7-2-3-10-24(15)16/h2-7,10-11H,8-9H2,1H3,(H,19,27). The van der Waals surface area contributed by atoms with E-state index in [-0.39, 0.29) is 17.3 Å². The number of carbonyl (C=O) groups is 1. The van der Waals surface area contributed by atoms with Crippen molar-refractivity contribution in [1.82, 2.24) is 34.9 Å². The van der Waals surface area contributed by atoms with Gasteiger partial charge in [0.25, 0.3) is 11.6 Å². The van der Waals surface area contributed by atoms with E-state index < -0.39 is 4.92 Å². The van der Waals surface area contributed by atoms with Gasteiger partial charge in [-0.1, -0.05) is 17.3 Å². The molecule has 1 aromatic carbocycles. The Hall–Kier alpha value is -4.15. The number of nitro benzene ring substituents is 1. The van der Waals surface area contributed by atoms with E-state index in [0.717, 1.165) is 11.5 Å². The molecule has 0 fully saturated rings. The number of benzene rings is 1. The predicted molar refractivity (Wildman–Crippen MR) is 102 cm³/mol. The monoisotopic (exact) mass is 392 g/mol. The minimum absolute atomic E-state index is 0.0658. The number of hydrogen-bond donors (Lipinski definition) is 1. The van der Waals surface area contributed by atoms with Crippen LogP contribution in [0, 0.1) is 17.0 Å². The first-order chi connectivity index (χ1) is 14.0. The molecule has 0 radical (unpaired) electrons. The number of pyridine rings is 1. The third-order valence-electron chi connectivity index (χ3n) is 4.41. The number of nitrogens with zero attached hydrogens (tertiary/aromatic N) is 7. The Morgan fingerprint density at radius 1 is 1.17 bits per heavy atom. The molecule has 0 spiro atoms. The van der Waals surface area contributed by atoms with E-state index >= 15 is 0 Å². The summed E-state index contributed by atoms with van der Waals surface area (Å²) >= 11 is 0. The van der Waals surface area contributed by atoms with Gasteiger partial charge in [-0.2, -0.15) is 0 Å². The van der Waals surface area contributed by atoms with E-state index in [1.165, 1.54) is 16.8 Å². The van der Waals surface area contributed by atoms with E-state index in [2.05, 4.69) is 25.8 Å². The van der Waals surface area contributed by atoms with Gasteiger partial charge >= 0.3 is 0 Å². The zero-order chi connectivity index (χ0) is 20.4. The van der Waals surface area contributed by atoms with Crippen LogP contribution in [-0.4, -0.2) is 47.0 Å². The number of aromatic nitrogens is 6. The third kappa shape index (κ3) is 3.52. The van der Waals surface area contributed by atoms with Crippen molar-refractivity contribution in [2.45, 2.75) is 13.3 Å². The van der Waals surface area contributed by atoms with Crippen molar-refractivity contribution in [2.24, 2.45) is 0 Å². The highest BCUT2D eigenvalue weighted by molar-refractivity contribution is 5.93. The van der Waals surface area contributed by atoms with E-state index in [0.29, 0.717) is 24.3 Å².